The third kappa shape index (κ3) is 4.54. The Balaban J connectivity index is 1.43. The lowest BCUT2D eigenvalue weighted by Gasteiger charge is -2.11. The van der Waals surface area contributed by atoms with E-state index in [0.29, 0.717) is 18.9 Å². The van der Waals surface area contributed by atoms with E-state index in [0.717, 1.165) is 22.1 Å². The highest BCUT2D eigenvalue weighted by molar-refractivity contribution is 5.88. The van der Waals surface area contributed by atoms with E-state index in [9.17, 15) is 4.79 Å². The van der Waals surface area contributed by atoms with Crippen LogP contribution in [-0.4, -0.2) is 25.7 Å². The lowest BCUT2D eigenvalue weighted by Crippen LogP contribution is -2.32. The first-order chi connectivity index (χ1) is 12.6. The van der Waals surface area contributed by atoms with Crippen LogP contribution in [0.3, 0.4) is 0 Å². The Morgan fingerprint density at radius 3 is 2.58 bits per heavy atom. The van der Waals surface area contributed by atoms with E-state index in [1.165, 1.54) is 5.56 Å². The van der Waals surface area contributed by atoms with E-state index in [4.69, 9.17) is 9.47 Å². The lowest BCUT2D eigenvalue weighted by atomic mass is 10.1. The first kappa shape index (κ1) is 17.8. The maximum Gasteiger partial charge on any atom is 0.258 e. The number of nitrogens with one attached hydrogen (secondary N) is 1. The fraction of sp³-hybridized carbons (Fsp3) is 0.227. The molecule has 0 aliphatic carbocycles. The van der Waals surface area contributed by atoms with E-state index < -0.39 is 0 Å². The van der Waals surface area contributed by atoms with Crippen LogP contribution in [0, 0.1) is 13.8 Å². The molecule has 0 saturated heterocycles. The van der Waals surface area contributed by atoms with Crippen LogP contribution < -0.4 is 14.8 Å². The Bertz CT molecular complexity index is 900. The number of ether oxygens (including phenoxy) is 2. The molecule has 26 heavy (non-hydrogen) atoms. The van der Waals surface area contributed by atoms with Crippen molar-refractivity contribution in [2.45, 2.75) is 13.8 Å². The number of carbonyl (C=O) groups excluding carboxylic acids is 1. The largest absolute Gasteiger partial charge is 0.491 e. The minimum absolute atomic E-state index is 0.00321. The number of rotatable bonds is 7. The molecule has 1 amide bonds. The summed E-state index contributed by atoms with van der Waals surface area (Å²) in [5.74, 6) is 1.36. The standard InChI is InChI=1S/C22H23NO3/c1-16-10-11-19(14-17(16)2)26-15-22(24)23-12-13-25-21-9-5-7-18-6-3-4-8-20(18)21/h3-11,14H,12-13,15H2,1-2H3,(H,23,24). The molecule has 0 spiro atoms. The van der Waals surface area contributed by atoms with Gasteiger partial charge in [-0.15, -0.1) is 0 Å². The number of carbonyl (C=O) groups is 1. The van der Waals surface area contributed by atoms with Crippen LogP contribution in [0.15, 0.2) is 60.7 Å². The van der Waals surface area contributed by atoms with Gasteiger partial charge < -0.3 is 14.8 Å². The Labute approximate surface area is 153 Å². The maximum absolute atomic E-state index is 11.9. The highest BCUT2D eigenvalue weighted by atomic mass is 16.5. The van der Waals surface area contributed by atoms with Gasteiger partial charge in [0.05, 0.1) is 6.54 Å². The number of fused-ring (bicyclic) bond motifs is 1. The molecule has 4 heteroatoms. The van der Waals surface area contributed by atoms with Crippen molar-refractivity contribution in [3.63, 3.8) is 0 Å². The third-order valence-corrected chi connectivity index (χ3v) is 4.28. The lowest BCUT2D eigenvalue weighted by molar-refractivity contribution is -0.123. The van der Waals surface area contributed by atoms with Crippen molar-refractivity contribution in [1.82, 2.24) is 5.32 Å². The molecule has 0 saturated carbocycles. The van der Waals surface area contributed by atoms with Crippen LogP contribution in [0.5, 0.6) is 11.5 Å². The van der Waals surface area contributed by atoms with Gasteiger partial charge in [0.25, 0.3) is 5.91 Å². The average molecular weight is 349 g/mol. The quantitative estimate of drug-likeness (QED) is 0.655. The van der Waals surface area contributed by atoms with Crippen molar-refractivity contribution in [3.8, 4) is 11.5 Å². The summed E-state index contributed by atoms with van der Waals surface area (Å²) in [5.41, 5.74) is 2.35. The highest BCUT2D eigenvalue weighted by Crippen LogP contribution is 2.24. The zero-order valence-electron chi connectivity index (χ0n) is 15.1. The predicted octanol–water partition coefficient (Wildman–Crippen LogP) is 4.03. The summed E-state index contributed by atoms with van der Waals surface area (Å²) in [6.45, 7) is 4.90. The molecule has 0 radical (unpaired) electrons. The molecule has 0 aromatic heterocycles. The predicted molar refractivity (Wildman–Crippen MR) is 104 cm³/mol. The van der Waals surface area contributed by atoms with Crippen LogP contribution >= 0.6 is 0 Å². The molecular weight excluding hydrogens is 326 g/mol. The fourth-order valence-corrected chi connectivity index (χ4v) is 2.68. The molecule has 0 bridgehead atoms. The van der Waals surface area contributed by atoms with E-state index in [1.54, 1.807) is 0 Å². The molecule has 3 aromatic carbocycles. The summed E-state index contributed by atoms with van der Waals surface area (Å²) >= 11 is 0. The van der Waals surface area contributed by atoms with Crippen molar-refractivity contribution in [1.29, 1.82) is 0 Å². The van der Waals surface area contributed by atoms with Crippen LogP contribution in [0.4, 0.5) is 0 Å². The summed E-state index contributed by atoms with van der Waals surface area (Å²) < 4.78 is 11.3. The minimum Gasteiger partial charge on any atom is -0.491 e. The first-order valence-corrected chi connectivity index (χ1v) is 8.71. The van der Waals surface area contributed by atoms with Gasteiger partial charge in [0.1, 0.15) is 18.1 Å². The molecule has 0 atom stereocenters. The Morgan fingerprint density at radius 2 is 1.73 bits per heavy atom. The first-order valence-electron chi connectivity index (χ1n) is 8.71. The van der Waals surface area contributed by atoms with Gasteiger partial charge in [-0.1, -0.05) is 42.5 Å². The van der Waals surface area contributed by atoms with E-state index >= 15 is 0 Å². The highest BCUT2D eigenvalue weighted by Gasteiger charge is 2.05. The second kappa shape index (κ2) is 8.39. The minimum atomic E-state index is -0.162. The van der Waals surface area contributed by atoms with Crippen molar-refractivity contribution in [2.75, 3.05) is 19.8 Å². The van der Waals surface area contributed by atoms with Crippen LogP contribution in [0.1, 0.15) is 11.1 Å². The molecule has 0 aliphatic rings. The second-order valence-corrected chi connectivity index (χ2v) is 6.21. The van der Waals surface area contributed by atoms with Gasteiger partial charge in [0.2, 0.25) is 0 Å². The van der Waals surface area contributed by atoms with Crippen molar-refractivity contribution >= 4 is 16.7 Å². The number of benzene rings is 3. The third-order valence-electron chi connectivity index (χ3n) is 4.28. The van der Waals surface area contributed by atoms with Gasteiger partial charge in [0.15, 0.2) is 6.61 Å². The number of hydrogen-bond acceptors (Lipinski definition) is 3. The molecule has 134 valence electrons. The van der Waals surface area contributed by atoms with Crippen molar-refractivity contribution in [2.24, 2.45) is 0 Å². The summed E-state index contributed by atoms with van der Waals surface area (Å²) in [7, 11) is 0. The van der Waals surface area contributed by atoms with Gasteiger partial charge >= 0.3 is 0 Å². The maximum atomic E-state index is 11.9. The topological polar surface area (TPSA) is 47.6 Å². The molecule has 0 heterocycles. The number of aryl methyl sites for hydroxylation is 2. The zero-order valence-corrected chi connectivity index (χ0v) is 15.1. The van der Waals surface area contributed by atoms with Crippen LogP contribution in [0.25, 0.3) is 10.8 Å². The number of hydrogen-bond donors (Lipinski definition) is 1. The summed E-state index contributed by atoms with van der Waals surface area (Å²) in [4.78, 5) is 11.9. The van der Waals surface area contributed by atoms with Crippen LogP contribution in [-0.2, 0) is 4.79 Å². The SMILES string of the molecule is Cc1ccc(OCC(=O)NCCOc2cccc3ccccc23)cc1C. The Morgan fingerprint density at radius 1 is 0.923 bits per heavy atom. The molecular formula is C22H23NO3. The summed E-state index contributed by atoms with van der Waals surface area (Å²) in [5, 5.41) is 5.01. The van der Waals surface area contributed by atoms with E-state index in [2.05, 4.69) is 5.32 Å². The molecule has 1 N–H and O–H groups in total. The monoisotopic (exact) mass is 349 g/mol. The molecule has 3 rings (SSSR count). The van der Waals surface area contributed by atoms with Gasteiger partial charge in [0, 0.05) is 5.39 Å². The summed E-state index contributed by atoms with van der Waals surface area (Å²) in [6, 6.07) is 19.8. The van der Waals surface area contributed by atoms with Gasteiger partial charge in [-0.2, -0.15) is 0 Å². The fourth-order valence-electron chi connectivity index (χ4n) is 2.68. The van der Waals surface area contributed by atoms with Gasteiger partial charge in [-0.3, -0.25) is 4.79 Å². The second-order valence-electron chi connectivity index (χ2n) is 6.21. The zero-order chi connectivity index (χ0) is 18.4. The van der Waals surface area contributed by atoms with Crippen LogP contribution in [0.2, 0.25) is 0 Å². The van der Waals surface area contributed by atoms with E-state index in [-0.39, 0.29) is 12.5 Å². The van der Waals surface area contributed by atoms with Crippen molar-refractivity contribution in [3.05, 3.63) is 71.8 Å². The Hall–Kier alpha value is -3.01. The number of amides is 1. The smallest absolute Gasteiger partial charge is 0.258 e. The van der Waals surface area contributed by atoms with Gasteiger partial charge in [-0.05, 0) is 48.6 Å². The molecule has 0 aliphatic heterocycles. The van der Waals surface area contributed by atoms with Crippen molar-refractivity contribution < 1.29 is 14.3 Å². The van der Waals surface area contributed by atoms with Gasteiger partial charge in [-0.25, -0.2) is 0 Å². The molecule has 0 unspecified atom stereocenters. The normalized spacial score (nSPS) is 10.5. The Kier molecular flexibility index (Phi) is 5.74. The average Bonchev–Trinajstić information content (AvgIpc) is 2.66. The van der Waals surface area contributed by atoms with E-state index in [1.807, 2.05) is 74.5 Å². The molecule has 4 nitrogen and oxygen atoms in total. The molecule has 0 fully saturated rings. The summed E-state index contributed by atoms with van der Waals surface area (Å²) in [6.07, 6.45) is 0. The molecule has 3 aromatic rings.